The third-order valence-electron chi connectivity index (χ3n) is 2.96. The van der Waals surface area contributed by atoms with E-state index >= 15 is 0 Å². The summed E-state index contributed by atoms with van der Waals surface area (Å²) in [7, 11) is 0. The van der Waals surface area contributed by atoms with Crippen LogP contribution in [0, 0.1) is 15.5 Å². The lowest BCUT2D eigenvalue weighted by molar-refractivity contribution is -0.384. The molecule has 0 saturated carbocycles. The standard InChI is InChI=1S/C12H10N6O2/c13-11-10-12(15-6-14-10)16-7-17(11)5-8-1-3-9(4-2-8)18(19)20/h1-4,6-7,13H,5H2,(H,14,15). The average Bonchev–Trinajstić information content (AvgIpc) is 2.92. The fourth-order valence-corrected chi connectivity index (χ4v) is 1.92. The molecule has 0 aliphatic heterocycles. The lowest BCUT2D eigenvalue weighted by atomic mass is 10.2. The van der Waals surface area contributed by atoms with Crippen LogP contribution in [0.25, 0.3) is 11.2 Å². The van der Waals surface area contributed by atoms with Gasteiger partial charge in [-0.15, -0.1) is 0 Å². The topological polar surface area (TPSA) is 113 Å². The molecule has 0 spiro atoms. The monoisotopic (exact) mass is 270 g/mol. The summed E-state index contributed by atoms with van der Waals surface area (Å²) in [6, 6.07) is 6.23. The molecule has 0 saturated heterocycles. The number of benzene rings is 1. The van der Waals surface area contributed by atoms with Gasteiger partial charge in [-0.1, -0.05) is 12.1 Å². The Morgan fingerprint density at radius 2 is 2.05 bits per heavy atom. The van der Waals surface area contributed by atoms with Gasteiger partial charge in [0.25, 0.3) is 5.69 Å². The number of aromatic nitrogens is 4. The smallest absolute Gasteiger partial charge is 0.269 e. The molecule has 0 atom stereocenters. The van der Waals surface area contributed by atoms with E-state index in [1.165, 1.54) is 24.8 Å². The number of non-ortho nitro benzene ring substituents is 1. The number of aromatic amines is 1. The third-order valence-corrected chi connectivity index (χ3v) is 2.96. The van der Waals surface area contributed by atoms with Crippen LogP contribution in [0.15, 0.2) is 36.9 Å². The fraction of sp³-hybridized carbons (Fsp3) is 0.0833. The fourth-order valence-electron chi connectivity index (χ4n) is 1.92. The number of nitro groups is 1. The largest absolute Gasteiger partial charge is 0.340 e. The van der Waals surface area contributed by atoms with Gasteiger partial charge >= 0.3 is 0 Å². The average molecular weight is 270 g/mol. The van der Waals surface area contributed by atoms with Crippen LogP contribution in [0.3, 0.4) is 0 Å². The summed E-state index contributed by atoms with van der Waals surface area (Å²) in [4.78, 5) is 21.1. The predicted molar refractivity (Wildman–Crippen MR) is 69.9 cm³/mol. The number of nitrogens with zero attached hydrogens (tertiary/aromatic N) is 4. The van der Waals surface area contributed by atoms with Gasteiger partial charge in [-0.05, 0) is 5.56 Å². The van der Waals surface area contributed by atoms with Gasteiger partial charge < -0.3 is 9.55 Å². The van der Waals surface area contributed by atoms with E-state index in [2.05, 4.69) is 15.0 Å². The first kappa shape index (κ1) is 12.0. The number of nitro benzene ring substituents is 1. The predicted octanol–water partition coefficient (Wildman–Crippen LogP) is 1.20. The van der Waals surface area contributed by atoms with Crippen molar-refractivity contribution in [2.24, 2.45) is 0 Å². The Hall–Kier alpha value is -3.03. The molecule has 100 valence electrons. The van der Waals surface area contributed by atoms with Crippen molar-refractivity contribution in [3.63, 3.8) is 0 Å². The number of fused-ring (bicyclic) bond motifs is 1. The summed E-state index contributed by atoms with van der Waals surface area (Å²) in [5.41, 5.74) is 2.23. The second kappa shape index (κ2) is 4.57. The van der Waals surface area contributed by atoms with E-state index in [1.54, 1.807) is 16.7 Å². The Bertz CT molecular complexity index is 833. The molecule has 8 nitrogen and oxygen atoms in total. The van der Waals surface area contributed by atoms with Crippen molar-refractivity contribution in [3.05, 3.63) is 58.1 Å². The second-order valence-electron chi connectivity index (χ2n) is 4.25. The summed E-state index contributed by atoms with van der Waals surface area (Å²) < 4.78 is 1.64. The molecule has 2 N–H and O–H groups in total. The van der Waals surface area contributed by atoms with Crippen molar-refractivity contribution in [2.45, 2.75) is 6.54 Å². The minimum atomic E-state index is -0.439. The van der Waals surface area contributed by atoms with E-state index in [0.717, 1.165) is 5.56 Å². The van der Waals surface area contributed by atoms with Crippen LogP contribution in [-0.4, -0.2) is 24.4 Å². The first-order chi connectivity index (χ1) is 9.65. The molecule has 0 amide bonds. The maximum absolute atomic E-state index is 10.6. The van der Waals surface area contributed by atoms with Crippen LogP contribution in [0.2, 0.25) is 0 Å². The Morgan fingerprint density at radius 1 is 1.30 bits per heavy atom. The molecule has 0 bridgehead atoms. The van der Waals surface area contributed by atoms with Crippen LogP contribution < -0.4 is 5.49 Å². The molecule has 2 aromatic heterocycles. The van der Waals surface area contributed by atoms with Crippen LogP contribution in [0.1, 0.15) is 5.56 Å². The lowest BCUT2D eigenvalue weighted by Crippen LogP contribution is -2.21. The third kappa shape index (κ3) is 2.03. The zero-order valence-electron chi connectivity index (χ0n) is 10.3. The quantitative estimate of drug-likeness (QED) is 0.549. The van der Waals surface area contributed by atoms with Gasteiger partial charge in [0.05, 0.1) is 24.1 Å². The van der Waals surface area contributed by atoms with Crippen molar-refractivity contribution in [1.82, 2.24) is 19.5 Å². The highest BCUT2D eigenvalue weighted by molar-refractivity contribution is 5.67. The van der Waals surface area contributed by atoms with E-state index in [4.69, 9.17) is 5.41 Å². The Balaban J connectivity index is 1.94. The maximum atomic E-state index is 10.6. The summed E-state index contributed by atoms with van der Waals surface area (Å²) in [5.74, 6) is 0. The van der Waals surface area contributed by atoms with E-state index in [9.17, 15) is 10.1 Å². The first-order valence-corrected chi connectivity index (χ1v) is 5.81. The van der Waals surface area contributed by atoms with Gasteiger partial charge in [-0.3, -0.25) is 15.5 Å². The van der Waals surface area contributed by atoms with E-state index in [-0.39, 0.29) is 11.2 Å². The van der Waals surface area contributed by atoms with E-state index in [0.29, 0.717) is 17.7 Å². The molecular formula is C12H10N6O2. The molecule has 0 unspecified atom stereocenters. The maximum Gasteiger partial charge on any atom is 0.269 e. The highest BCUT2D eigenvalue weighted by atomic mass is 16.6. The normalized spacial score (nSPS) is 10.8. The van der Waals surface area contributed by atoms with Gasteiger partial charge in [0.1, 0.15) is 5.52 Å². The number of nitrogens with one attached hydrogen (secondary N) is 2. The highest BCUT2D eigenvalue weighted by Crippen LogP contribution is 2.12. The van der Waals surface area contributed by atoms with Gasteiger partial charge in [0.15, 0.2) is 11.1 Å². The minimum absolute atomic E-state index is 0.0481. The number of hydrogen-bond donors (Lipinski definition) is 2. The molecule has 0 radical (unpaired) electrons. The molecule has 20 heavy (non-hydrogen) atoms. The zero-order chi connectivity index (χ0) is 14.1. The van der Waals surface area contributed by atoms with E-state index < -0.39 is 4.92 Å². The molecule has 0 fully saturated rings. The summed E-state index contributed by atoms with van der Waals surface area (Å²) in [5, 5.41) is 18.7. The van der Waals surface area contributed by atoms with Crippen molar-refractivity contribution >= 4 is 16.9 Å². The Morgan fingerprint density at radius 3 is 2.75 bits per heavy atom. The summed E-state index contributed by atoms with van der Waals surface area (Å²) in [6.45, 7) is 0.415. The SMILES string of the molecule is N=c1c2[nH]cnc2ncn1Cc1ccc([N+](=O)[O-])cc1. The summed E-state index contributed by atoms with van der Waals surface area (Å²) >= 11 is 0. The van der Waals surface area contributed by atoms with Crippen molar-refractivity contribution in [1.29, 1.82) is 5.41 Å². The summed E-state index contributed by atoms with van der Waals surface area (Å²) in [6.07, 6.45) is 3.03. The molecule has 3 rings (SSSR count). The Labute approximate surface area is 112 Å². The van der Waals surface area contributed by atoms with Gasteiger partial charge in [-0.2, -0.15) is 0 Å². The molecule has 1 aromatic carbocycles. The molecular weight excluding hydrogens is 260 g/mol. The van der Waals surface area contributed by atoms with Gasteiger partial charge in [0, 0.05) is 12.1 Å². The van der Waals surface area contributed by atoms with Crippen LogP contribution in [0.4, 0.5) is 5.69 Å². The van der Waals surface area contributed by atoms with Crippen LogP contribution in [-0.2, 0) is 6.54 Å². The van der Waals surface area contributed by atoms with Crippen LogP contribution in [0.5, 0.6) is 0 Å². The molecule has 0 aliphatic carbocycles. The van der Waals surface area contributed by atoms with Gasteiger partial charge in [0.2, 0.25) is 0 Å². The number of rotatable bonds is 3. The number of hydrogen-bond acceptors (Lipinski definition) is 5. The zero-order valence-corrected chi connectivity index (χ0v) is 10.3. The molecule has 0 aliphatic rings. The molecule has 2 heterocycles. The van der Waals surface area contributed by atoms with Gasteiger partial charge in [-0.25, -0.2) is 9.97 Å². The minimum Gasteiger partial charge on any atom is -0.340 e. The number of H-pyrrole nitrogens is 1. The molecule has 3 aromatic rings. The molecule has 8 heteroatoms. The highest BCUT2D eigenvalue weighted by Gasteiger charge is 2.06. The van der Waals surface area contributed by atoms with Crippen LogP contribution >= 0.6 is 0 Å². The van der Waals surface area contributed by atoms with Crippen molar-refractivity contribution < 1.29 is 4.92 Å². The Kier molecular flexibility index (Phi) is 2.75. The van der Waals surface area contributed by atoms with E-state index in [1.807, 2.05) is 0 Å². The van der Waals surface area contributed by atoms with Crippen molar-refractivity contribution in [2.75, 3.05) is 0 Å². The van der Waals surface area contributed by atoms with Crippen molar-refractivity contribution in [3.8, 4) is 0 Å². The number of imidazole rings is 1. The first-order valence-electron chi connectivity index (χ1n) is 5.81. The lowest BCUT2D eigenvalue weighted by Gasteiger charge is -2.06. The second-order valence-corrected chi connectivity index (χ2v) is 4.25.